The number of nitrogens with two attached hydrogens (primary N) is 1. The first-order valence-electron chi connectivity index (χ1n) is 10.6. The molecule has 0 radical (unpaired) electrons. The Balaban J connectivity index is 1.75. The van der Waals surface area contributed by atoms with Crippen molar-refractivity contribution in [2.75, 3.05) is 30.9 Å². The number of nitrogens with zero attached hydrogens (tertiary/aromatic N) is 2. The summed E-state index contributed by atoms with van der Waals surface area (Å²) in [5.41, 5.74) is 9.93. The van der Waals surface area contributed by atoms with Crippen molar-refractivity contribution >= 4 is 39.6 Å². The molecule has 3 N–H and O–H groups in total. The quantitative estimate of drug-likeness (QED) is 0.474. The number of nitrogen functional groups attached to an aromatic ring is 1. The minimum atomic E-state index is 0.00950. The van der Waals surface area contributed by atoms with Crippen molar-refractivity contribution < 1.29 is 14.2 Å². The van der Waals surface area contributed by atoms with E-state index in [1.807, 2.05) is 32.0 Å². The molecule has 1 aliphatic rings. The Hall–Kier alpha value is -3.21. The van der Waals surface area contributed by atoms with E-state index in [0.717, 1.165) is 17.5 Å². The summed E-state index contributed by atoms with van der Waals surface area (Å²) in [5, 5.41) is 14.5. The fourth-order valence-corrected chi connectivity index (χ4v) is 3.97. The van der Waals surface area contributed by atoms with Crippen LogP contribution in [0.2, 0.25) is 5.02 Å². The highest BCUT2D eigenvalue weighted by Crippen LogP contribution is 2.37. The number of ether oxygens (including phenoxy) is 3. The Morgan fingerprint density at radius 3 is 2.78 bits per heavy atom. The van der Waals surface area contributed by atoms with Gasteiger partial charge >= 0.3 is 0 Å². The van der Waals surface area contributed by atoms with Gasteiger partial charge in [0.25, 0.3) is 0 Å². The largest absolute Gasteiger partial charge is 0.492 e. The van der Waals surface area contributed by atoms with Crippen LogP contribution in [0.25, 0.3) is 10.9 Å². The Kier molecular flexibility index (Phi) is 6.54. The molecule has 0 amide bonds. The fraction of sp³-hybridized carbons (Fsp3) is 0.333. The number of benzene rings is 2. The van der Waals surface area contributed by atoms with Gasteiger partial charge in [-0.15, -0.1) is 0 Å². The molecule has 0 spiro atoms. The summed E-state index contributed by atoms with van der Waals surface area (Å²) in [5.74, 6) is 1.18. The van der Waals surface area contributed by atoms with Crippen molar-refractivity contribution in [1.29, 1.82) is 5.26 Å². The number of nitriles is 1. The van der Waals surface area contributed by atoms with Crippen molar-refractivity contribution in [1.82, 2.24) is 4.98 Å². The number of nitrogens with one attached hydrogen (secondary N) is 1. The second kappa shape index (κ2) is 9.51. The summed E-state index contributed by atoms with van der Waals surface area (Å²) in [6.45, 7) is 5.63. The van der Waals surface area contributed by atoms with E-state index in [1.165, 1.54) is 0 Å². The predicted molar refractivity (Wildman–Crippen MR) is 126 cm³/mol. The molecular weight excluding hydrogens is 428 g/mol. The van der Waals surface area contributed by atoms with Gasteiger partial charge in [0.05, 0.1) is 53.0 Å². The molecule has 1 fully saturated rings. The van der Waals surface area contributed by atoms with Crippen molar-refractivity contribution in [3.8, 4) is 17.6 Å². The molecule has 32 heavy (non-hydrogen) atoms. The van der Waals surface area contributed by atoms with Gasteiger partial charge in [0.1, 0.15) is 23.7 Å². The number of hydrogen-bond donors (Lipinski definition) is 2. The smallest absolute Gasteiger partial charge is 0.144 e. The molecule has 0 saturated carbocycles. The van der Waals surface area contributed by atoms with Crippen molar-refractivity contribution in [3.63, 3.8) is 0 Å². The number of halogens is 1. The monoisotopic (exact) mass is 452 g/mol. The SMILES string of the molecule is CCOc1cc2nc(CC)c(C#N)c(Nc3ccc(O[C@H]4CCOC4)c(Cl)c3)c2cc1N. The van der Waals surface area contributed by atoms with Gasteiger partial charge in [0.15, 0.2) is 0 Å². The highest BCUT2D eigenvalue weighted by molar-refractivity contribution is 6.32. The van der Waals surface area contributed by atoms with Gasteiger partial charge < -0.3 is 25.3 Å². The van der Waals surface area contributed by atoms with Crippen LogP contribution >= 0.6 is 11.6 Å². The van der Waals surface area contributed by atoms with E-state index in [1.54, 1.807) is 12.1 Å². The van der Waals surface area contributed by atoms with Gasteiger partial charge in [-0.05, 0) is 37.6 Å². The minimum absolute atomic E-state index is 0.00950. The third-order valence-electron chi connectivity index (χ3n) is 5.32. The molecule has 3 aromatic rings. The summed E-state index contributed by atoms with van der Waals surface area (Å²) in [6.07, 6.45) is 1.46. The maximum absolute atomic E-state index is 9.89. The van der Waals surface area contributed by atoms with Crippen LogP contribution in [0, 0.1) is 11.3 Å². The highest BCUT2D eigenvalue weighted by atomic mass is 35.5. The van der Waals surface area contributed by atoms with Crippen molar-refractivity contribution in [3.05, 3.63) is 46.6 Å². The van der Waals surface area contributed by atoms with Crippen LogP contribution < -0.4 is 20.5 Å². The lowest BCUT2D eigenvalue weighted by atomic mass is 10.0. The minimum Gasteiger partial charge on any atom is -0.492 e. The molecule has 8 heteroatoms. The van der Waals surface area contributed by atoms with Gasteiger partial charge in [0, 0.05) is 23.6 Å². The molecule has 7 nitrogen and oxygen atoms in total. The Labute approximate surface area is 192 Å². The number of rotatable bonds is 7. The van der Waals surface area contributed by atoms with Crippen LogP contribution in [-0.4, -0.2) is 30.9 Å². The maximum Gasteiger partial charge on any atom is 0.144 e. The standard InChI is InChI=1S/C24H25ClN4O3/c1-3-20-17(12-26)24(16-10-19(27)23(31-4-2)11-21(16)29-20)28-14-5-6-22(18(25)9-14)32-15-7-8-30-13-15/h5-6,9-11,15H,3-4,7-8,13,27H2,1-2H3,(H,28,29)/t15-/m0/s1. The molecule has 1 atom stereocenters. The maximum atomic E-state index is 9.89. The van der Waals surface area contributed by atoms with Gasteiger partial charge in [0.2, 0.25) is 0 Å². The van der Waals surface area contributed by atoms with Crippen molar-refractivity contribution in [2.45, 2.75) is 32.8 Å². The van der Waals surface area contributed by atoms with Gasteiger partial charge in [-0.3, -0.25) is 4.98 Å². The van der Waals surface area contributed by atoms with E-state index in [0.29, 0.717) is 70.9 Å². The van der Waals surface area contributed by atoms with Crippen LogP contribution in [0.1, 0.15) is 31.5 Å². The lowest BCUT2D eigenvalue weighted by Gasteiger charge is -2.17. The molecule has 0 unspecified atom stereocenters. The van der Waals surface area contributed by atoms with Crippen LogP contribution in [0.5, 0.6) is 11.5 Å². The van der Waals surface area contributed by atoms with E-state index in [2.05, 4.69) is 16.4 Å². The number of fused-ring (bicyclic) bond motifs is 1. The number of pyridine rings is 1. The zero-order valence-electron chi connectivity index (χ0n) is 18.1. The van der Waals surface area contributed by atoms with E-state index in [9.17, 15) is 5.26 Å². The number of aryl methyl sites for hydroxylation is 1. The fourth-order valence-electron chi connectivity index (χ4n) is 3.75. The number of anilines is 3. The number of aromatic nitrogens is 1. The van der Waals surface area contributed by atoms with E-state index >= 15 is 0 Å². The summed E-state index contributed by atoms with van der Waals surface area (Å²) in [7, 11) is 0. The third-order valence-corrected chi connectivity index (χ3v) is 5.62. The zero-order valence-corrected chi connectivity index (χ0v) is 18.8. The first-order valence-corrected chi connectivity index (χ1v) is 11.0. The average molecular weight is 453 g/mol. The van der Waals surface area contributed by atoms with Crippen LogP contribution in [0.3, 0.4) is 0 Å². The highest BCUT2D eigenvalue weighted by Gasteiger charge is 2.20. The van der Waals surface area contributed by atoms with Crippen LogP contribution in [-0.2, 0) is 11.2 Å². The first kappa shape index (κ1) is 22.0. The summed E-state index contributed by atoms with van der Waals surface area (Å²) in [6, 6.07) is 11.4. The average Bonchev–Trinajstić information content (AvgIpc) is 3.29. The molecule has 2 aromatic carbocycles. The topological polar surface area (TPSA) is 102 Å². The molecule has 1 aliphatic heterocycles. The van der Waals surface area contributed by atoms with E-state index in [-0.39, 0.29) is 6.10 Å². The Morgan fingerprint density at radius 2 is 2.12 bits per heavy atom. The molecule has 1 saturated heterocycles. The third kappa shape index (κ3) is 4.38. The summed E-state index contributed by atoms with van der Waals surface area (Å²) in [4.78, 5) is 4.68. The molecule has 2 heterocycles. The van der Waals surface area contributed by atoms with Crippen molar-refractivity contribution in [2.24, 2.45) is 0 Å². The molecule has 0 bridgehead atoms. The molecule has 1 aromatic heterocycles. The van der Waals surface area contributed by atoms with E-state index < -0.39 is 0 Å². The summed E-state index contributed by atoms with van der Waals surface area (Å²) >= 11 is 6.49. The lowest BCUT2D eigenvalue weighted by molar-refractivity contribution is 0.141. The van der Waals surface area contributed by atoms with Gasteiger partial charge in [-0.1, -0.05) is 18.5 Å². The lowest BCUT2D eigenvalue weighted by Crippen LogP contribution is -2.15. The van der Waals surface area contributed by atoms with E-state index in [4.69, 9.17) is 31.5 Å². The van der Waals surface area contributed by atoms with Crippen LogP contribution in [0.4, 0.5) is 17.1 Å². The second-order valence-corrected chi connectivity index (χ2v) is 7.89. The predicted octanol–water partition coefficient (Wildman–Crippen LogP) is 5.21. The molecular formula is C24H25ClN4O3. The second-order valence-electron chi connectivity index (χ2n) is 7.49. The van der Waals surface area contributed by atoms with Gasteiger partial charge in [-0.2, -0.15) is 5.26 Å². The van der Waals surface area contributed by atoms with Crippen LogP contribution in [0.15, 0.2) is 30.3 Å². The first-order chi connectivity index (χ1) is 15.5. The molecule has 0 aliphatic carbocycles. The summed E-state index contributed by atoms with van der Waals surface area (Å²) < 4.78 is 16.9. The molecule has 4 rings (SSSR count). The normalized spacial score (nSPS) is 15.5. The Morgan fingerprint density at radius 1 is 1.28 bits per heavy atom. The zero-order chi connectivity index (χ0) is 22.7. The number of hydrogen-bond acceptors (Lipinski definition) is 7. The van der Waals surface area contributed by atoms with Gasteiger partial charge in [-0.25, -0.2) is 0 Å². The molecule has 166 valence electrons. The Bertz CT molecular complexity index is 1190.